The Kier molecular flexibility index (Phi) is 5.02. The van der Waals surface area contributed by atoms with Crippen LogP contribution in [0.25, 0.3) is 0 Å². The molecule has 14 heavy (non-hydrogen) atoms. The molecule has 0 N–H and O–H groups in total. The predicted molar refractivity (Wildman–Crippen MR) is 60.4 cm³/mol. The Morgan fingerprint density at radius 3 is 2.50 bits per heavy atom. The van der Waals surface area contributed by atoms with Crippen LogP contribution in [0.2, 0.25) is 0 Å². The molecule has 0 atom stereocenters. The van der Waals surface area contributed by atoms with Gasteiger partial charge < -0.3 is 4.74 Å². The first-order valence-corrected chi connectivity index (χ1v) is 5.09. The Morgan fingerprint density at radius 2 is 1.86 bits per heavy atom. The highest BCUT2D eigenvalue weighted by Gasteiger charge is 1.88. The van der Waals surface area contributed by atoms with Crippen LogP contribution in [0.3, 0.4) is 0 Å². The minimum absolute atomic E-state index is 0.316. The van der Waals surface area contributed by atoms with Crippen molar-refractivity contribution in [1.82, 2.24) is 0 Å². The maximum absolute atomic E-state index is 5.39. The second-order valence-corrected chi connectivity index (χ2v) is 3.54. The molecule has 0 spiro atoms. The van der Waals surface area contributed by atoms with Crippen molar-refractivity contribution in [2.24, 2.45) is 0 Å². The van der Waals surface area contributed by atoms with Gasteiger partial charge in [-0.3, -0.25) is 0 Å². The number of benzene rings is 1. The summed E-state index contributed by atoms with van der Waals surface area (Å²) in [5, 5.41) is 0. The molecular formula is C13H18O. The fourth-order valence-electron chi connectivity index (χ4n) is 1.15. The van der Waals surface area contributed by atoms with Gasteiger partial charge in [0.05, 0.1) is 12.7 Å². The number of ether oxygens (including phenoxy) is 1. The van der Waals surface area contributed by atoms with E-state index in [9.17, 15) is 0 Å². The Balaban J connectivity index is 2.21. The van der Waals surface area contributed by atoms with E-state index in [1.54, 1.807) is 0 Å². The van der Waals surface area contributed by atoms with Crippen molar-refractivity contribution in [3.8, 4) is 0 Å². The normalized spacial score (nSPS) is 11.4. The van der Waals surface area contributed by atoms with Crippen molar-refractivity contribution in [3.05, 3.63) is 48.0 Å². The molecule has 1 aromatic rings. The van der Waals surface area contributed by atoms with E-state index in [4.69, 9.17) is 4.74 Å². The number of allylic oxidation sites excluding steroid dienone is 1. The first-order chi connectivity index (χ1) is 6.79. The third-order valence-electron chi connectivity index (χ3n) is 1.89. The highest BCUT2D eigenvalue weighted by Crippen LogP contribution is 2.00. The molecule has 76 valence electrons. The lowest BCUT2D eigenvalue weighted by Gasteiger charge is -2.02. The lowest BCUT2D eigenvalue weighted by molar-refractivity contribution is 0.102. The summed E-state index contributed by atoms with van der Waals surface area (Å²) < 4.78 is 5.39. The molecule has 0 aliphatic rings. The lowest BCUT2D eigenvalue weighted by Crippen LogP contribution is -2.01. The van der Waals surface area contributed by atoms with Crippen LogP contribution in [-0.2, 0) is 11.2 Å². The predicted octanol–water partition coefficient (Wildman–Crippen LogP) is 3.21. The first-order valence-electron chi connectivity index (χ1n) is 5.09. The Labute approximate surface area is 86.4 Å². The van der Waals surface area contributed by atoms with Crippen LogP contribution < -0.4 is 0 Å². The summed E-state index contributed by atoms with van der Waals surface area (Å²) >= 11 is 0. The Morgan fingerprint density at radius 1 is 1.14 bits per heavy atom. The summed E-state index contributed by atoms with van der Waals surface area (Å²) in [6, 6.07) is 10.4. The minimum Gasteiger partial charge on any atom is -0.375 e. The van der Waals surface area contributed by atoms with Crippen molar-refractivity contribution in [1.29, 1.82) is 0 Å². The van der Waals surface area contributed by atoms with Crippen molar-refractivity contribution in [2.45, 2.75) is 26.4 Å². The van der Waals surface area contributed by atoms with Crippen molar-refractivity contribution in [2.75, 3.05) is 6.61 Å². The van der Waals surface area contributed by atoms with E-state index in [-0.39, 0.29) is 0 Å². The van der Waals surface area contributed by atoms with Crippen LogP contribution >= 0.6 is 0 Å². The summed E-state index contributed by atoms with van der Waals surface area (Å²) in [4.78, 5) is 0. The van der Waals surface area contributed by atoms with Gasteiger partial charge in [-0.2, -0.15) is 0 Å². The van der Waals surface area contributed by atoms with E-state index in [1.165, 1.54) is 5.56 Å². The van der Waals surface area contributed by atoms with Gasteiger partial charge in [-0.15, -0.1) is 0 Å². The van der Waals surface area contributed by atoms with Gasteiger partial charge in [-0.25, -0.2) is 0 Å². The zero-order chi connectivity index (χ0) is 10.2. The highest BCUT2D eigenvalue weighted by atomic mass is 16.5. The van der Waals surface area contributed by atoms with E-state index in [0.717, 1.165) is 6.42 Å². The molecule has 0 heterocycles. The molecule has 1 aromatic carbocycles. The molecule has 0 bridgehead atoms. The van der Waals surface area contributed by atoms with E-state index in [0.29, 0.717) is 12.7 Å². The highest BCUT2D eigenvalue weighted by molar-refractivity contribution is 5.17. The average Bonchev–Trinajstić information content (AvgIpc) is 2.18. The van der Waals surface area contributed by atoms with Gasteiger partial charge in [0.1, 0.15) is 0 Å². The van der Waals surface area contributed by atoms with Crippen LogP contribution in [0.15, 0.2) is 42.5 Å². The molecule has 1 nitrogen and oxygen atoms in total. The van der Waals surface area contributed by atoms with Gasteiger partial charge >= 0.3 is 0 Å². The van der Waals surface area contributed by atoms with E-state index < -0.39 is 0 Å². The maximum Gasteiger partial charge on any atom is 0.0651 e. The lowest BCUT2D eigenvalue weighted by atomic mass is 10.1. The fraction of sp³-hybridized carbons (Fsp3) is 0.385. The molecule has 0 unspecified atom stereocenters. The van der Waals surface area contributed by atoms with Gasteiger partial charge in [0.2, 0.25) is 0 Å². The van der Waals surface area contributed by atoms with E-state index in [1.807, 2.05) is 19.9 Å². The van der Waals surface area contributed by atoms with Crippen LogP contribution in [0.4, 0.5) is 0 Å². The van der Waals surface area contributed by atoms with Crippen molar-refractivity contribution >= 4 is 0 Å². The van der Waals surface area contributed by atoms with Crippen LogP contribution in [0.1, 0.15) is 19.4 Å². The van der Waals surface area contributed by atoms with Crippen LogP contribution in [-0.4, -0.2) is 12.7 Å². The van der Waals surface area contributed by atoms with Gasteiger partial charge in [-0.1, -0.05) is 42.5 Å². The Bertz CT molecular complexity index is 262. The zero-order valence-corrected chi connectivity index (χ0v) is 8.94. The summed E-state index contributed by atoms with van der Waals surface area (Å²) in [5.74, 6) is 0. The summed E-state index contributed by atoms with van der Waals surface area (Å²) in [5.41, 5.74) is 1.34. The third-order valence-corrected chi connectivity index (χ3v) is 1.89. The molecule has 0 aliphatic carbocycles. The standard InChI is InChI=1S/C13H18O/c1-12(2)14-11-7-6-10-13-8-4-3-5-9-13/h3-9,12H,10-11H2,1-2H3/b7-6+. The van der Waals surface area contributed by atoms with Gasteiger partial charge in [-0.05, 0) is 25.8 Å². The zero-order valence-electron chi connectivity index (χ0n) is 8.94. The molecular weight excluding hydrogens is 172 g/mol. The summed E-state index contributed by atoms with van der Waals surface area (Å²) in [6.45, 7) is 4.81. The van der Waals surface area contributed by atoms with Crippen molar-refractivity contribution in [3.63, 3.8) is 0 Å². The van der Waals surface area contributed by atoms with Gasteiger partial charge in [0.25, 0.3) is 0 Å². The van der Waals surface area contributed by atoms with E-state index in [2.05, 4.69) is 36.4 Å². The fourth-order valence-corrected chi connectivity index (χ4v) is 1.15. The molecule has 1 rings (SSSR count). The summed E-state index contributed by atoms with van der Waals surface area (Å²) in [7, 11) is 0. The second-order valence-electron chi connectivity index (χ2n) is 3.54. The van der Waals surface area contributed by atoms with Gasteiger partial charge in [0, 0.05) is 0 Å². The second kappa shape index (κ2) is 6.39. The average molecular weight is 190 g/mol. The molecule has 0 aromatic heterocycles. The largest absolute Gasteiger partial charge is 0.375 e. The minimum atomic E-state index is 0.316. The molecule has 0 fully saturated rings. The van der Waals surface area contributed by atoms with Crippen LogP contribution in [0, 0.1) is 0 Å². The topological polar surface area (TPSA) is 9.23 Å². The van der Waals surface area contributed by atoms with E-state index >= 15 is 0 Å². The van der Waals surface area contributed by atoms with Crippen LogP contribution in [0.5, 0.6) is 0 Å². The summed E-state index contributed by atoms with van der Waals surface area (Å²) in [6.07, 6.45) is 5.53. The molecule has 1 heteroatoms. The molecule has 0 aliphatic heterocycles. The van der Waals surface area contributed by atoms with Gasteiger partial charge in [0.15, 0.2) is 0 Å². The molecule has 0 saturated heterocycles. The number of rotatable bonds is 5. The quantitative estimate of drug-likeness (QED) is 0.648. The maximum atomic E-state index is 5.39. The monoisotopic (exact) mass is 190 g/mol. The first kappa shape index (κ1) is 11.0. The third kappa shape index (κ3) is 4.83. The Hall–Kier alpha value is -1.08. The molecule has 0 amide bonds. The SMILES string of the molecule is CC(C)OC/C=C/Cc1ccccc1. The number of hydrogen-bond donors (Lipinski definition) is 0. The van der Waals surface area contributed by atoms with Crippen molar-refractivity contribution < 1.29 is 4.74 Å². The number of hydrogen-bond acceptors (Lipinski definition) is 1. The molecule has 0 saturated carbocycles. The molecule has 0 radical (unpaired) electrons. The smallest absolute Gasteiger partial charge is 0.0651 e.